The van der Waals surface area contributed by atoms with Crippen molar-refractivity contribution in [1.29, 1.82) is 0 Å². The lowest BCUT2D eigenvalue weighted by Gasteiger charge is -2.03. The lowest BCUT2D eigenvalue weighted by molar-refractivity contribution is 0.671. The van der Waals surface area contributed by atoms with E-state index in [-0.39, 0.29) is 0 Å². The summed E-state index contributed by atoms with van der Waals surface area (Å²) in [6, 6.07) is 16.9. The molecule has 1 aromatic heterocycles. The van der Waals surface area contributed by atoms with Crippen LogP contribution in [-0.2, 0) is 12.8 Å². The van der Waals surface area contributed by atoms with Crippen LogP contribution in [0.25, 0.3) is 11.0 Å². The topological polar surface area (TPSA) is 40.7 Å². The van der Waals surface area contributed by atoms with Crippen molar-refractivity contribution in [3.8, 4) is 0 Å². The summed E-state index contributed by atoms with van der Waals surface area (Å²) in [5, 5.41) is 3.48. The van der Waals surface area contributed by atoms with Gasteiger partial charge in [0.25, 0.3) is 0 Å². The summed E-state index contributed by atoms with van der Waals surface area (Å²) >= 11 is 0. The molecule has 108 valence electrons. The number of benzene rings is 2. The molecule has 3 rings (SSSR count). The van der Waals surface area contributed by atoms with Gasteiger partial charge in [0.05, 0.1) is 11.0 Å². The zero-order valence-corrected chi connectivity index (χ0v) is 12.4. The minimum absolute atomic E-state index is 0.933. The maximum atomic E-state index is 4.61. The molecule has 0 bridgehead atoms. The van der Waals surface area contributed by atoms with Crippen LogP contribution >= 0.6 is 0 Å². The average molecular weight is 279 g/mol. The van der Waals surface area contributed by atoms with Crippen molar-refractivity contribution in [2.45, 2.75) is 19.8 Å². The van der Waals surface area contributed by atoms with E-state index < -0.39 is 0 Å². The highest BCUT2D eigenvalue weighted by Gasteiger charge is 2.02. The van der Waals surface area contributed by atoms with Crippen LogP contribution in [-0.4, -0.2) is 23.1 Å². The first-order chi connectivity index (χ1) is 10.3. The van der Waals surface area contributed by atoms with E-state index in [1.165, 1.54) is 11.1 Å². The highest BCUT2D eigenvalue weighted by Crippen LogP contribution is 2.13. The summed E-state index contributed by atoms with van der Waals surface area (Å²) < 4.78 is 0. The first-order valence-electron chi connectivity index (χ1n) is 7.51. The van der Waals surface area contributed by atoms with E-state index >= 15 is 0 Å². The summed E-state index contributed by atoms with van der Waals surface area (Å²) in [6.07, 6.45) is 2.00. The zero-order valence-electron chi connectivity index (χ0n) is 12.4. The van der Waals surface area contributed by atoms with Crippen molar-refractivity contribution in [2.24, 2.45) is 0 Å². The molecule has 3 heteroatoms. The highest BCUT2D eigenvalue weighted by molar-refractivity contribution is 5.75. The van der Waals surface area contributed by atoms with Gasteiger partial charge in [-0.3, -0.25) is 0 Å². The molecule has 0 fully saturated rings. The molecule has 0 aliphatic rings. The molecule has 0 amide bonds. The van der Waals surface area contributed by atoms with Gasteiger partial charge >= 0.3 is 0 Å². The van der Waals surface area contributed by atoms with Crippen LogP contribution in [0, 0.1) is 6.92 Å². The molecule has 0 spiro atoms. The van der Waals surface area contributed by atoms with E-state index in [1.54, 1.807) is 0 Å². The van der Waals surface area contributed by atoms with E-state index in [1.807, 2.05) is 0 Å². The molecule has 1 heterocycles. The lowest BCUT2D eigenvalue weighted by atomic mass is 10.1. The Kier molecular flexibility index (Phi) is 4.31. The third-order valence-corrected chi connectivity index (χ3v) is 3.66. The van der Waals surface area contributed by atoms with Crippen LogP contribution in [0.5, 0.6) is 0 Å². The second-order valence-corrected chi connectivity index (χ2v) is 5.44. The van der Waals surface area contributed by atoms with Gasteiger partial charge in [0.1, 0.15) is 5.82 Å². The van der Waals surface area contributed by atoms with E-state index in [0.29, 0.717) is 0 Å². The van der Waals surface area contributed by atoms with Gasteiger partial charge < -0.3 is 10.3 Å². The third-order valence-electron chi connectivity index (χ3n) is 3.66. The Bertz CT molecular complexity index is 701. The maximum Gasteiger partial charge on any atom is 0.108 e. The van der Waals surface area contributed by atoms with Crippen LogP contribution in [0.3, 0.4) is 0 Å². The molecule has 3 nitrogen and oxygen atoms in total. The van der Waals surface area contributed by atoms with Crippen LogP contribution < -0.4 is 5.32 Å². The van der Waals surface area contributed by atoms with Crippen molar-refractivity contribution in [3.63, 3.8) is 0 Å². The predicted molar refractivity (Wildman–Crippen MR) is 87.6 cm³/mol. The molecular weight excluding hydrogens is 258 g/mol. The number of H-pyrrole nitrogens is 1. The summed E-state index contributed by atoms with van der Waals surface area (Å²) in [4.78, 5) is 8.01. The second kappa shape index (κ2) is 6.55. The van der Waals surface area contributed by atoms with Crippen LogP contribution in [0.2, 0.25) is 0 Å². The predicted octanol–water partition coefficient (Wildman–Crippen LogP) is 3.25. The first kappa shape index (κ1) is 13.8. The largest absolute Gasteiger partial charge is 0.342 e. The molecule has 0 aliphatic carbocycles. The quantitative estimate of drug-likeness (QED) is 0.680. The van der Waals surface area contributed by atoms with Crippen molar-refractivity contribution >= 4 is 11.0 Å². The van der Waals surface area contributed by atoms with Gasteiger partial charge in [-0.2, -0.15) is 0 Å². The van der Waals surface area contributed by atoms with Crippen LogP contribution in [0.15, 0.2) is 48.5 Å². The van der Waals surface area contributed by atoms with E-state index in [4.69, 9.17) is 0 Å². The number of nitrogens with zero attached hydrogens (tertiary/aromatic N) is 1. The SMILES string of the molecule is Cc1ccc2nc(CCNCCc3ccccc3)[nH]c2c1. The monoisotopic (exact) mass is 279 g/mol. The van der Waals surface area contributed by atoms with E-state index in [2.05, 4.69) is 70.7 Å². The Labute approximate surface area is 125 Å². The molecule has 2 aromatic carbocycles. The van der Waals surface area contributed by atoms with E-state index in [9.17, 15) is 0 Å². The highest BCUT2D eigenvalue weighted by atomic mass is 14.9. The van der Waals surface area contributed by atoms with Crippen molar-refractivity contribution < 1.29 is 0 Å². The number of hydrogen-bond acceptors (Lipinski definition) is 2. The maximum absolute atomic E-state index is 4.61. The van der Waals surface area contributed by atoms with Gasteiger partial charge in [-0.15, -0.1) is 0 Å². The normalized spacial score (nSPS) is 11.1. The minimum Gasteiger partial charge on any atom is -0.342 e. The number of rotatable bonds is 6. The first-order valence-corrected chi connectivity index (χ1v) is 7.51. The molecule has 0 saturated carbocycles. The molecule has 0 saturated heterocycles. The zero-order chi connectivity index (χ0) is 14.5. The standard InChI is InChI=1S/C18H21N3/c1-14-7-8-16-17(13-14)21-18(20-16)10-12-19-11-9-15-5-3-2-4-6-15/h2-8,13,19H,9-12H2,1H3,(H,20,21). The fourth-order valence-corrected chi connectivity index (χ4v) is 2.50. The Morgan fingerprint density at radius 2 is 1.81 bits per heavy atom. The Morgan fingerprint density at radius 1 is 1.00 bits per heavy atom. The summed E-state index contributed by atoms with van der Waals surface area (Å²) in [6.45, 7) is 4.06. The Balaban J connectivity index is 1.46. The fourth-order valence-electron chi connectivity index (χ4n) is 2.50. The second-order valence-electron chi connectivity index (χ2n) is 5.44. The van der Waals surface area contributed by atoms with Gasteiger partial charge in [-0.05, 0) is 43.1 Å². The molecule has 0 aliphatic heterocycles. The van der Waals surface area contributed by atoms with Crippen molar-refractivity contribution in [1.82, 2.24) is 15.3 Å². The van der Waals surface area contributed by atoms with Gasteiger partial charge in [0.2, 0.25) is 0 Å². The van der Waals surface area contributed by atoms with Crippen LogP contribution in [0.1, 0.15) is 17.0 Å². The fraction of sp³-hybridized carbons (Fsp3) is 0.278. The van der Waals surface area contributed by atoms with Gasteiger partial charge in [-0.1, -0.05) is 36.4 Å². The van der Waals surface area contributed by atoms with Gasteiger partial charge in [-0.25, -0.2) is 4.98 Å². The van der Waals surface area contributed by atoms with Crippen LogP contribution in [0.4, 0.5) is 0 Å². The molecule has 3 aromatic rings. The molecule has 2 N–H and O–H groups in total. The minimum atomic E-state index is 0.933. The lowest BCUT2D eigenvalue weighted by Crippen LogP contribution is -2.20. The molecule has 0 radical (unpaired) electrons. The number of hydrogen-bond donors (Lipinski definition) is 2. The summed E-state index contributed by atoms with van der Waals surface area (Å²) in [5.74, 6) is 1.06. The van der Waals surface area contributed by atoms with Crippen molar-refractivity contribution in [3.05, 3.63) is 65.5 Å². The summed E-state index contributed by atoms with van der Waals surface area (Å²) in [5.41, 5.74) is 4.83. The summed E-state index contributed by atoms with van der Waals surface area (Å²) in [7, 11) is 0. The Hall–Kier alpha value is -2.13. The number of fused-ring (bicyclic) bond motifs is 1. The number of aryl methyl sites for hydroxylation is 1. The number of imidazole rings is 1. The van der Waals surface area contributed by atoms with E-state index in [0.717, 1.165) is 42.8 Å². The molecule has 0 unspecified atom stereocenters. The average Bonchev–Trinajstić information content (AvgIpc) is 2.90. The molecule has 0 atom stereocenters. The number of aromatic nitrogens is 2. The Morgan fingerprint density at radius 3 is 2.67 bits per heavy atom. The van der Waals surface area contributed by atoms with Gasteiger partial charge in [0, 0.05) is 13.0 Å². The van der Waals surface area contributed by atoms with Crippen molar-refractivity contribution in [2.75, 3.05) is 13.1 Å². The molecule has 21 heavy (non-hydrogen) atoms. The third kappa shape index (κ3) is 3.70. The molecular formula is C18H21N3. The number of nitrogens with one attached hydrogen (secondary N) is 2. The number of aromatic amines is 1. The smallest absolute Gasteiger partial charge is 0.108 e. The van der Waals surface area contributed by atoms with Gasteiger partial charge in [0.15, 0.2) is 0 Å².